The number of ether oxygens (including phenoxy) is 1. The van der Waals surface area contributed by atoms with Crippen molar-refractivity contribution >= 4 is 23.0 Å². The molecule has 142 valence electrons. The van der Waals surface area contributed by atoms with E-state index >= 15 is 0 Å². The molecule has 2 unspecified atom stereocenters. The van der Waals surface area contributed by atoms with Gasteiger partial charge in [-0.05, 0) is 55.3 Å². The maximum absolute atomic E-state index is 12.0. The van der Waals surface area contributed by atoms with Crippen LogP contribution in [0.25, 0.3) is 10.9 Å². The largest absolute Gasteiger partial charge is 0.438 e. The van der Waals surface area contributed by atoms with Crippen LogP contribution in [0.2, 0.25) is 0 Å². The Hall–Kier alpha value is -3.36. The molecule has 0 saturated carbocycles. The number of hydrogen-bond donors (Lipinski definition) is 3. The number of rotatable bonds is 5. The van der Waals surface area contributed by atoms with Crippen molar-refractivity contribution in [2.45, 2.75) is 25.4 Å². The zero-order valence-corrected chi connectivity index (χ0v) is 15.3. The van der Waals surface area contributed by atoms with Crippen LogP contribution < -0.4 is 21.0 Å². The quantitative estimate of drug-likeness (QED) is 0.466. The molecule has 2 aromatic carbocycles. The van der Waals surface area contributed by atoms with Crippen LogP contribution in [0, 0.1) is 0 Å². The third-order valence-electron chi connectivity index (χ3n) is 4.40. The normalized spacial score (nSPS) is 19.2. The fraction of sp³-hybridized carbons (Fsp3) is 0.200. The number of hydrazine groups is 1. The van der Waals surface area contributed by atoms with Gasteiger partial charge in [0, 0.05) is 6.04 Å². The lowest BCUT2D eigenvalue weighted by molar-refractivity contribution is -0.122. The van der Waals surface area contributed by atoms with Gasteiger partial charge in [-0.1, -0.05) is 12.1 Å². The van der Waals surface area contributed by atoms with Crippen LogP contribution in [-0.4, -0.2) is 34.2 Å². The standard InChI is InChI=1S/C20H20N6O2/c1-13-10-18(25-24-13)19(27)26-23-11-14-6-8-15(9-7-14)28-20-16-4-2-3-5-17(16)21-12-22-20/h2-9,11-13,18,24-25H,10H2,1H3,(H,26,27)/b23-11+. The highest BCUT2D eigenvalue weighted by atomic mass is 16.5. The zero-order chi connectivity index (χ0) is 19.3. The monoisotopic (exact) mass is 376 g/mol. The van der Waals surface area contributed by atoms with Crippen molar-refractivity contribution < 1.29 is 9.53 Å². The number of nitrogens with one attached hydrogen (secondary N) is 3. The Morgan fingerprint density at radius 2 is 2.00 bits per heavy atom. The first-order chi connectivity index (χ1) is 13.7. The summed E-state index contributed by atoms with van der Waals surface area (Å²) in [7, 11) is 0. The second-order valence-electron chi connectivity index (χ2n) is 6.58. The third-order valence-corrected chi connectivity index (χ3v) is 4.40. The molecule has 1 aliphatic rings. The zero-order valence-electron chi connectivity index (χ0n) is 15.3. The molecule has 0 bridgehead atoms. The molecule has 3 aromatic rings. The van der Waals surface area contributed by atoms with E-state index in [4.69, 9.17) is 4.74 Å². The molecule has 0 radical (unpaired) electrons. The van der Waals surface area contributed by atoms with Crippen LogP contribution in [0.4, 0.5) is 0 Å². The molecular weight excluding hydrogens is 356 g/mol. The lowest BCUT2D eigenvalue weighted by Gasteiger charge is -2.07. The van der Waals surface area contributed by atoms with E-state index in [2.05, 4.69) is 31.3 Å². The molecule has 2 atom stereocenters. The predicted octanol–water partition coefficient (Wildman–Crippen LogP) is 2.13. The summed E-state index contributed by atoms with van der Waals surface area (Å²) in [4.78, 5) is 20.4. The summed E-state index contributed by atoms with van der Waals surface area (Å²) in [6, 6.07) is 15.0. The van der Waals surface area contributed by atoms with E-state index in [0.29, 0.717) is 11.6 Å². The number of nitrogens with zero attached hydrogens (tertiary/aromatic N) is 3. The highest BCUT2D eigenvalue weighted by molar-refractivity contribution is 5.85. The number of aromatic nitrogens is 2. The molecule has 8 nitrogen and oxygen atoms in total. The molecule has 1 aromatic heterocycles. The summed E-state index contributed by atoms with van der Waals surface area (Å²) in [5, 5.41) is 4.86. The van der Waals surface area contributed by atoms with E-state index in [9.17, 15) is 4.79 Å². The number of carbonyl (C=O) groups excluding carboxylic acids is 1. The third kappa shape index (κ3) is 4.13. The van der Waals surface area contributed by atoms with Crippen LogP contribution in [0.15, 0.2) is 60.0 Å². The highest BCUT2D eigenvalue weighted by Gasteiger charge is 2.26. The van der Waals surface area contributed by atoms with E-state index in [1.807, 2.05) is 55.5 Å². The van der Waals surface area contributed by atoms with Crippen LogP contribution in [0.5, 0.6) is 11.6 Å². The van der Waals surface area contributed by atoms with Gasteiger partial charge in [0.15, 0.2) is 0 Å². The maximum Gasteiger partial charge on any atom is 0.258 e. The fourth-order valence-electron chi connectivity index (χ4n) is 2.93. The Morgan fingerprint density at radius 3 is 2.79 bits per heavy atom. The number of amides is 1. The summed E-state index contributed by atoms with van der Waals surface area (Å²) < 4.78 is 5.89. The molecule has 1 fully saturated rings. The first-order valence-electron chi connectivity index (χ1n) is 9.01. The summed E-state index contributed by atoms with van der Waals surface area (Å²) in [6.45, 7) is 2.01. The van der Waals surface area contributed by atoms with Gasteiger partial charge in [0.05, 0.1) is 17.1 Å². The van der Waals surface area contributed by atoms with Crippen LogP contribution in [0.3, 0.4) is 0 Å². The van der Waals surface area contributed by atoms with Crippen LogP contribution in [0.1, 0.15) is 18.9 Å². The predicted molar refractivity (Wildman–Crippen MR) is 106 cm³/mol. The van der Waals surface area contributed by atoms with Gasteiger partial charge in [0.2, 0.25) is 5.88 Å². The minimum absolute atomic E-state index is 0.163. The van der Waals surface area contributed by atoms with Gasteiger partial charge in [-0.3, -0.25) is 10.2 Å². The van der Waals surface area contributed by atoms with Crippen LogP contribution >= 0.6 is 0 Å². The van der Waals surface area contributed by atoms with E-state index in [1.54, 1.807) is 6.21 Å². The summed E-state index contributed by atoms with van der Waals surface area (Å²) in [6.07, 6.45) is 3.80. The molecule has 28 heavy (non-hydrogen) atoms. The van der Waals surface area contributed by atoms with Crippen molar-refractivity contribution in [2.24, 2.45) is 5.10 Å². The van der Waals surface area contributed by atoms with Crippen molar-refractivity contribution in [1.82, 2.24) is 26.2 Å². The highest BCUT2D eigenvalue weighted by Crippen LogP contribution is 2.26. The van der Waals surface area contributed by atoms with E-state index in [-0.39, 0.29) is 18.0 Å². The number of para-hydroxylation sites is 1. The number of hydrazone groups is 1. The van der Waals surface area contributed by atoms with Crippen molar-refractivity contribution in [3.63, 3.8) is 0 Å². The molecule has 0 spiro atoms. The minimum atomic E-state index is -0.273. The molecule has 1 saturated heterocycles. The Labute approximate surface area is 162 Å². The summed E-state index contributed by atoms with van der Waals surface area (Å²) in [5.41, 5.74) is 10.2. The number of hydrogen-bond acceptors (Lipinski definition) is 7. The summed E-state index contributed by atoms with van der Waals surface area (Å²) >= 11 is 0. The number of benzene rings is 2. The van der Waals surface area contributed by atoms with Gasteiger partial charge in [0.25, 0.3) is 5.91 Å². The van der Waals surface area contributed by atoms with Crippen molar-refractivity contribution in [3.8, 4) is 11.6 Å². The SMILES string of the molecule is CC1CC(C(=O)N/N=C/c2ccc(Oc3ncnc4ccccc34)cc2)NN1. The van der Waals surface area contributed by atoms with Gasteiger partial charge < -0.3 is 4.74 Å². The Bertz CT molecular complexity index is 1000. The Kier molecular flexibility index (Phi) is 5.22. The first kappa shape index (κ1) is 18.0. The molecule has 1 aliphatic heterocycles. The van der Waals surface area contributed by atoms with Crippen molar-refractivity contribution in [3.05, 3.63) is 60.4 Å². The van der Waals surface area contributed by atoms with Gasteiger partial charge in [-0.2, -0.15) is 5.10 Å². The second kappa shape index (κ2) is 8.12. The molecular formula is C20H20N6O2. The molecule has 8 heteroatoms. The van der Waals surface area contributed by atoms with Crippen LogP contribution in [-0.2, 0) is 4.79 Å². The Morgan fingerprint density at radius 1 is 1.18 bits per heavy atom. The topological polar surface area (TPSA) is 101 Å². The fourth-order valence-corrected chi connectivity index (χ4v) is 2.93. The van der Waals surface area contributed by atoms with Crippen molar-refractivity contribution in [1.29, 1.82) is 0 Å². The minimum Gasteiger partial charge on any atom is -0.438 e. The smallest absolute Gasteiger partial charge is 0.258 e. The average molecular weight is 376 g/mol. The van der Waals surface area contributed by atoms with E-state index < -0.39 is 0 Å². The second-order valence-corrected chi connectivity index (χ2v) is 6.58. The first-order valence-corrected chi connectivity index (χ1v) is 9.01. The number of fused-ring (bicyclic) bond motifs is 1. The number of carbonyl (C=O) groups is 1. The Balaban J connectivity index is 1.38. The molecule has 2 heterocycles. The van der Waals surface area contributed by atoms with E-state index in [1.165, 1.54) is 6.33 Å². The molecule has 0 aliphatic carbocycles. The van der Waals surface area contributed by atoms with Gasteiger partial charge in [-0.15, -0.1) is 0 Å². The van der Waals surface area contributed by atoms with Gasteiger partial charge in [0.1, 0.15) is 18.1 Å². The van der Waals surface area contributed by atoms with E-state index in [0.717, 1.165) is 22.9 Å². The average Bonchev–Trinajstić information content (AvgIpc) is 3.16. The van der Waals surface area contributed by atoms with Gasteiger partial charge in [-0.25, -0.2) is 20.8 Å². The lowest BCUT2D eigenvalue weighted by Crippen LogP contribution is -2.41. The lowest BCUT2D eigenvalue weighted by atomic mass is 10.1. The molecule has 4 rings (SSSR count). The van der Waals surface area contributed by atoms with Crippen molar-refractivity contribution in [2.75, 3.05) is 0 Å². The maximum atomic E-state index is 12.0. The molecule has 3 N–H and O–H groups in total. The van der Waals surface area contributed by atoms with Gasteiger partial charge >= 0.3 is 0 Å². The summed E-state index contributed by atoms with van der Waals surface area (Å²) in [5.74, 6) is 0.995. The molecule has 1 amide bonds.